The predicted molar refractivity (Wildman–Crippen MR) is 89.1 cm³/mol. The largest absolute Gasteiger partial charge is 0.492 e. The molecule has 6 heteroatoms. The Morgan fingerprint density at radius 3 is 2.30 bits per heavy atom. The first-order valence-corrected chi connectivity index (χ1v) is 7.67. The summed E-state index contributed by atoms with van der Waals surface area (Å²) in [7, 11) is -0.633. The van der Waals surface area contributed by atoms with Gasteiger partial charge in [0.05, 0.1) is 11.2 Å². The molecule has 0 saturated carbocycles. The molecule has 1 aromatic rings. The quantitative estimate of drug-likeness (QED) is 0.868. The highest BCUT2D eigenvalue weighted by Gasteiger charge is 2.52. The third-order valence-electron chi connectivity index (χ3n) is 4.34. The van der Waals surface area contributed by atoms with E-state index < -0.39 is 18.3 Å². The van der Waals surface area contributed by atoms with Gasteiger partial charge in [0.25, 0.3) is 0 Å². The van der Waals surface area contributed by atoms with E-state index >= 15 is 0 Å². The topological polar surface area (TPSA) is 47.6 Å². The predicted octanol–water partition coefficient (Wildman–Crippen LogP) is 2.98. The number of carbonyl (C=O) groups excluding carboxylic acids is 1. The van der Waals surface area contributed by atoms with Crippen LogP contribution in [0, 0.1) is 5.82 Å². The van der Waals surface area contributed by atoms with E-state index in [2.05, 4.69) is 5.32 Å². The average molecular weight is 319 g/mol. The Labute approximate surface area is 137 Å². The molecule has 0 bridgehead atoms. The minimum atomic E-state index is -0.633. The summed E-state index contributed by atoms with van der Waals surface area (Å²) in [5.41, 5.74) is 0.108. The van der Waals surface area contributed by atoms with Gasteiger partial charge in [-0.2, -0.15) is 0 Å². The van der Waals surface area contributed by atoms with Crippen LogP contribution in [0.3, 0.4) is 0 Å². The van der Waals surface area contributed by atoms with Gasteiger partial charge in [-0.15, -0.1) is 0 Å². The molecule has 1 aromatic carbocycles. The summed E-state index contributed by atoms with van der Waals surface area (Å²) in [5, 5.41) is 2.73. The van der Waals surface area contributed by atoms with E-state index in [1.54, 1.807) is 24.3 Å². The SMILES string of the molecule is CC(=O)NCC(=Cc1ccccc1F)B1OC(C)(C)C(C)(C)O1. The van der Waals surface area contributed by atoms with Crippen molar-refractivity contribution >= 4 is 19.1 Å². The van der Waals surface area contributed by atoms with Gasteiger partial charge >= 0.3 is 7.12 Å². The van der Waals surface area contributed by atoms with Crippen molar-refractivity contribution in [1.82, 2.24) is 5.32 Å². The number of carbonyl (C=O) groups is 1. The van der Waals surface area contributed by atoms with Crippen LogP contribution in [0.4, 0.5) is 4.39 Å². The lowest BCUT2D eigenvalue weighted by Crippen LogP contribution is -2.41. The Morgan fingerprint density at radius 1 is 1.22 bits per heavy atom. The number of nitrogens with one attached hydrogen (secondary N) is 1. The first kappa shape index (κ1) is 17.7. The van der Waals surface area contributed by atoms with Gasteiger partial charge in [0, 0.05) is 19.0 Å². The number of rotatable bonds is 4. The maximum atomic E-state index is 13.9. The van der Waals surface area contributed by atoms with Gasteiger partial charge in [0.15, 0.2) is 0 Å². The lowest BCUT2D eigenvalue weighted by Gasteiger charge is -2.32. The van der Waals surface area contributed by atoms with Crippen molar-refractivity contribution in [3.8, 4) is 0 Å². The minimum Gasteiger partial charge on any atom is -0.400 e. The van der Waals surface area contributed by atoms with Gasteiger partial charge in [-0.1, -0.05) is 24.3 Å². The Hall–Kier alpha value is -1.66. The molecule has 1 N–H and O–H groups in total. The summed E-state index contributed by atoms with van der Waals surface area (Å²) in [4.78, 5) is 11.2. The molecule has 1 aliphatic rings. The Kier molecular flexibility index (Phi) is 4.97. The molecule has 4 nitrogen and oxygen atoms in total. The van der Waals surface area contributed by atoms with E-state index in [0.29, 0.717) is 11.0 Å². The van der Waals surface area contributed by atoms with Crippen LogP contribution in [0.2, 0.25) is 0 Å². The van der Waals surface area contributed by atoms with E-state index in [1.807, 2.05) is 27.7 Å². The summed E-state index contributed by atoms with van der Waals surface area (Å²) in [6.45, 7) is 9.47. The van der Waals surface area contributed by atoms with Gasteiger partial charge < -0.3 is 14.6 Å². The Bertz CT molecular complexity index is 612. The fraction of sp³-hybridized carbons (Fsp3) is 0.471. The molecule has 1 amide bonds. The standard InChI is InChI=1S/C17H23BFNO3/c1-12(21)20-11-14(10-13-8-6-7-9-15(13)19)18-22-16(2,3)17(4,5)23-18/h6-10H,11H2,1-5H3,(H,20,21). The molecule has 0 unspecified atom stereocenters. The van der Waals surface area contributed by atoms with E-state index in [0.717, 1.165) is 0 Å². The summed E-state index contributed by atoms with van der Waals surface area (Å²) in [6.07, 6.45) is 1.67. The minimum absolute atomic E-state index is 0.166. The molecule has 2 rings (SSSR count). The number of amides is 1. The normalized spacial score (nSPS) is 19.7. The van der Waals surface area contributed by atoms with Crippen molar-refractivity contribution in [2.75, 3.05) is 6.54 Å². The molecule has 1 fully saturated rings. The van der Waals surface area contributed by atoms with Gasteiger partial charge in [0.1, 0.15) is 5.82 Å². The second-order valence-electron chi connectivity index (χ2n) is 6.74. The highest BCUT2D eigenvalue weighted by molar-refractivity contribution is 6.56. The van der Waals surface area contributed by atoms with Crippen molar-refractivity contribution in [3.63, 3.8) is 0 Å². The number of hydrogen-bond donors (Lipinski definition) is 1. The molecule has 23 heavy (non-hydrogen) atoms. The summed E-state index contributed by atoms with van der Waals surface area (Å²) in [5.74, 6) is -0.495. The molecule has 0 atom stereocenters. The Morgan fingerprint density at radius 2 is 1.78 bits per heavy atom. The Balaban J connectivity index is 2.32. The van der Waals surface area contributed by atoms with Gasteiger partial charge in [-0.25, -0.2) is 4.39 Å². The van der Waals surface area contributed by atoms with Crippen LogP contribution in [0.25, 0.3) is 6.08 Å². The van der Waals surface area contributed by atoms with Crippen molar-refractivity contribution in [3.05, 3.63) is 41.1 Å². The van der Waals surface area contributed by atoms with Crippen LogP contribution in [0.5, 0.6) is 0 Å². The van der Waals surface area contributed by atoms with Crippen LogP contribution >= 0.6 is 0 Å². The third kappa shape index (κ3) is 4.01. The molecule has 0 aromatic heterocycles. The molecule has 1 heterocycles. The molecule has 1 saturated heterocycles. The zero-order valence-corrected chi connectivity index (χ0v) is 14.3. The van der Waals surface area contributed by atoms with Crippen molar-refractivity contribution in [2.45, 2.75) is 45.8 Å². The van der Waals surface area contributed by atoms with Gasteiger partial charge in [0.2, 0.25) is 5.91 Å². The van der Waals surface area contributed by atoms with E-state index in [1.165, 1.54) is 13.0 Å². The van der Waals surface area contributed by atoms with Gasteiger partial charge in [-0.05, 0) is 39.2 Å². The van der Waals surface area contributed by atoms with Crippen LogP contribution in [0.15, 0.2) is 29.7 Å². The average Bonchev–Trinajstić information content (AvgIpc) is 2.65. The van der Waals surface area contributed by atoms with Crippen LogP contribution in [-0.2, 0) is 14.1 Å². The summed E-state index contributed by atoms with van der Waals surface area (Å²) in [6, 6.07) is 6.46. The molecule has 0 spiro atoms. The van der Waals surface area contributed by atoms with Crippen LogP contribution in [-0.4, -0.2) is 30.8 Å². The number of benzene rings is 1. The maximum absolute atomic E-state index is 13.9. The highest BCUT2D eigenvalue weighted by Crippen LogP contribution is 2.38. The second kappa shape index (κ2) is 6.45. The lowest BCUT2D eigenvalue weighted by atomic mass is 9.77. The number of hydrogen-bond acceptors (Lipinski definition) is 3. The molecular weight excluding hydrogens is 296 g/mol. The molecule has 124 valence electrons. The molecule has 1 aliphatic heterocycles. The second-order valence-corrected chi connectivity index (χ2v) is 6.74. The van der Waals surface area contributed by atoms with Crippen LogP contribution < -0.4 is 5.32 Å². The fourth-order valence-electron chi connectivity index (χ4n) is 2.22. The molecular formula is C17H23BFNO3. The number of halogens is 1. The summed E-state index contributed by atoms with van der Waals surface area (Å²) < 4.78 is 25.9. The van der Waals surface area contributed by atoms with E-state index in [-0.39, 0.29) is 18.3 Å². The van der Waals surface area contributed by atoms with Crippen LogP contribution in [0.1, 0.15) is 40.2 Å². The lowest BCUT2D eigenvalue weighted by molar-refractivity contribution is -0.118. The van der Waals surface area contributed by atoms with Crippen molar-refractivity contribution < 1.29 is 18.5 Å². The van der Waals surface area contributed by atoms with Crippen molar-refractivity contribution in [1.29, 1.82) is 0 Å². The molecule has 0 aliphatic carbocycles. The third-order valence-corrected chi connectivity index (χ3v) is 4.34. The first-order chi connectivity index (χ1) is 10.6. The smallest absolute Gasteiger partial charge is 0.400 e. The van der Waals surface area contributed by atoms with Crippen molar-refractivity contribution in [2.24, 2.45) is 0 Å². The fourth-order valence-corrected chi connectivity index (χ4v) is 2.22. The maximum Gasteiger partial charge on any atom is 0.492 e. The van der Waals surface area contributed by atoms with E-state index in [4.69, 9.17) is 9.31 Å². The zero-order valence-electron chi connectivity index (χ0n) is 14.3. The zero-order chi connectivity index (χ0) is 17.3. The summed E-state index contributed by atoms with van der Waals surface area (Å²) >= 11 is 0. The highest BCUT2D eigenvalue weighted by atomic mass is 19.1. The van der Waals surface area contributed by atoms with Gasteiger partial charge in [-0.3, -0.25) is 4.79 Å². The monoisotopic (exact) mass is 319 g/mol. The first-order valence-electron chi connectivity index (χ1n) is 7.67. The molecule has 0 radical (unpaired) electrons. The van der Waals surface area contributed by atoms with E-state index in [9.17, 15) is 9.18 Å².